The lowest BCUT2D eigenvalue weighted by molar-refractivity contribution is -0.143. The molecule has 1 aromatic heterocycles. The van der Waals surface area contributed by atoms with Crippen molar-refractivity contribution in [2.45, 2.75) is 52.1 Å². The summed E-state index contributed by atoms with van der Waals surface area (Å²) in [5.74, 6) is -0.219. The van der Waals surface area contributed by atoms with Gasteiger partial charge >= 0.3 is 5.97 Å². The largest absolute Gasteiger partial charge is 0.468 e. The summed E-state index contributed by atoms with van der Waals surface area (Å²) in [7, 11) is 0. The van der Waals surface area contributed by atoms with Crippen molar-refractivity contribution in [2.24, 2.45) is 0 Å². The van der Waals surface area contributed by atoms with E-state index in [2.05, 4.69) is 5.32 Å². The minimum absolute atomic E-state index is 0.0718. The van der Waals surface area contributed by atoms with Crippen molar-refractivity contribution in [1.82, 2.24) is 5.32 Å². The lowest BCUT2D eigenvalue weighted by Crippen LogP contribution is -2.34. The number of rotatable bonds is 3. The second-order valence-electron chi connectivity index (χ2n) is 6.24. The van der Waals surface area contributed by atoms with Crippen LogP contribution in [0.1, 0.15) is 51.7 Å². The van der Waals surface area contributed by atoms with E-state index >= 15 is 0 Å². The molecule has 1 N–H and O–H groups in total. The van der Waals surface area contributed by atoms with Crippen LogP contribution in [0.5, 0.6) is 0 Å². The molecule has 0 saturated heterocycles. The van der Waals surface area contributed by atoms with Gasteiger partial charge in [0.25, 0.3) is 0 Å². The predicted molar refractivity (Wildman–Crippen MR) is 84.4 cm³/mol. The van der Waals surface area contributed by atoms with Gasteiger partial charge in [-0.25, -0.2) is 4.79 Å². The molecule has 3 rings (SSSR count). The number of hydrogen-bond acceptors (Lipinski definition) is 5. The van der Waals surface area contributed by atoms with Crippen molar-refractivity contribution in [3.63, 3.8) is 0 Å². The molecular formula is C18H21NO4. The molecule has 0 fully saturated rings. The fraction of sp³-hybridized carbons (Fsp3) is 0.444. The Labute approximate surface area is 135 Å². The second-order valence-corrected chi connectivity index (χ2v) is 6.24. The smallest absolute Gasteiger partial charge is 0.337 e. The van der Waals surface area contributed by atoms with Crippen molar-refractivity contribution < 1.29 is 18.7 Å². The summed E-state index contributed by atoms with van der Waals surface area (Å²) >= 11 is 0. The van der Waals surface area contributed by atoms with Crippen molar-refractivity contribution >= 4 is 11.8 Å². The van der Waals surface area contributed by atoms with Gasteiger partial charge in [-0.3, -0.25) is 4.79 Å². The molecule has 0 bridgehead atoms. The molecule has 0 aromatic carbocycles. The molecule has 122 valence electrons. The number of carbonyl (C=O) groups excluding carboxylic acids is 2. The molecule has 2 aliphatic rings. The highest BCUT2D eigenvalue weighted by Crippen LogP contribution is 2.42. The first-order valence-corrected chi connectivity index (χ1v) is 7.97. The minimum atomic E-state index is -0.486. The van der Waals surface area contributed by atoms with E-state index in [1.165, 1.54) is 0 Å². The average Bonchev–Trinajstić information content (AvgIpc) is 2.99. The highest BCUT2D eigenvalue weighted by atomic mass is 16.5. The number of hydrogen-bond donors (Lipinski definition) is 1. The number of ether oxygens (including phenoxy) is 1. The van der Waals surface area contributed by atoms with Gasteiger partial charge in [-0.1, -0.05) is 0 Å². The summed E-state index contributed by atoms with van der Waals surface area (Å²) in [6.07, 6.45) is 3.48. The highest BCUT2D eigenvalue weighted by molar-refractivity contribution is 6.03. The van der Waals surface area contributed by atoms with Crippen molar-refractivity contribution in [3.05, 3.63) is 46.7 Å². The van der Waals surface area contributed by atoms with Gasteiger partial charge in [0.15, 0.2) is 5.78 Å². The maximum atomic E-state index is 12.6. The Morgan fingerprint density at radius 3 is 2.83 bits per heavy atom. The number of furan rings is 1. The first kappa shape index (κ1) is 15.6. The Morgan fingerprint density at radius 1 is 1.39 bits per heavy atom. The molecule has 1 aliphatic heterocycles. The lowest BCUT2D eigenvalue weighted by Gasteiger charge is -2.33. The van der Waals surface area contributed by atoms with E-state index in [0.29, 0.717) is 23.3 Å². The summed E-state index contributed by atoms with van der Waals surface area (Å²) in [4.78, 5) is 25.1. The van der Waals surface area contributed by atoms with Gasteiger partial charge in [0, 0.05) is 23.4 Å². The number of esters is 1. The molecule has 0 unspecified atom stereocenters. The SMILES string of the molecule is CC1=C(C(=O)OC(C)C)[C@@H](c2ccco2)C2=C(CCCC2=O)N1. The van der Waals surface area contributed by atoms with Crippen LogP contribution in [-0.4, -0.2) is 17.9 Å². The van der Waals surface area contributed by atoms with Crippen LogP contribution < -0.4 is 5.32 Å². The molecule has 0 radical (unpaired) electrons. The van der Waals surface area contributed by atoms with Crippen molar-refractivity contribution in [3.8, 4) is 0 Å². The summed E-state index contributed by atoms with van der Waals surface area (Å²) in [6, 6.07) is 3.57. The molecule has 1 aliphatic carbocycles. The Kier molecular flexibility index (Phi) is 4.11. The number of Topliss-reactive ketones (excluding diaryl/α,β-unsaturated/α-hetero) is 1. The van der Waals surface area contributed by atoms with Crippen LogP contribution in [-0.2, 0) is 14.3 Å². The van der Waals surface area contributed by atoms with Gasteiger partial charge in [0.2, 0.25) is 0 Å². The fourth-order valence-corrected chi connectivity index (χ4v) is 3.27. The van der Waals surface area contributed by atoms with E-state index in [9.17, 15) is 9.59 Å². The maximum Gasteiger partial charge on any atom is 0.337 e. The van der Waals surface area contributed by atoms with Gasteiger partial charge in [-0.15, -0.1) is 0 Å². The van der Waals surface area contributed by atoms with Gasteiger partial charge in [0.05, 0.1) is 23.9 Å². The maximum absolute atomic E-state index is 12.6. The predicted octanol–water partition coefficient (Wildman–Crippen LogP) is 3.20. The zero-order valence-corrected chi connectivity index (χ0v) is 13.6. The average molecular weight is 315 g/mol. The Balaban J connectivity index is 2.10. The monoisotopic (exact) mass is 315 g/mol. The molecule has 0 amide bonds. The van der Waals surface area contributed by atoms with E-state index in [4.69, 9.17) is 9.15 Å². The molecule has 5 heteroatoms. The first-order chi connectivity index (χ1) is 11.0. The summed E-state index contributed by atoms with van der Waals surface area (Å²) in [6.45, 7) is 5.46. The van der Waals surface area contributed by atoms with Gasteiger partial charge < -0.3 is 14.5 Å². The van der Waals surface area contributed by atoms with E-state index in [1.54, 1.807) is 18.4 Å². The summed E-state index contributed by atoms with van der Waals surface area (Å²) in [5.41, 5.74) is 2.74. The molecular weight excluding hydrogens is 294 g/mol. The van der Waals surface area contributed by atoms with Crippen LogP contribution in [0.15, 0.2) is 45.4 Å². The Morgan fingerprint density at radius 2 is 2.17 bits per heavy atom. The fourth-order valence-electron chi connectivity index (χ4n) is 3.27. The van der Waals surface area contributed by atoms with Crippen LogP contribution in [0, 0.1) is 0 Å². The summed E-state index contributed by atoms with van der Waals surface area (Å²) in [5, 5.41) is 3.24. The zero-order chi connectivity index (χ0) is 16.6. The highest BCUT2D eigenvalue weighted by Gasteiger charge is 2.40. The van der Waals surface area contributed by atoms with Crippen LogP contribution in [0.4, 0.5) is 0 Å². The summed E-state index contributed by atoms with van der Waals surface area (Å²) < 4.78 is 10.9. The Bertz CT molecular complexity index is 695. The normalized spacial score (nSPS) is 21.4. The molecule has 23 heavy (non-hydrogen) atoms. The van der Waals surface area contributed by atoms with Crippen LogP contribution in [0.25, 0.3) is 0 Å². The zero-order valence-electron chi connectivity index (χ0n) is 13.6. The minimum Gasteiger partial charge on any atom is -0.468 e. The van der Waals surface area contributed by atoms with E-state index < -0.39 is 11.9 Å². The van der Waals surface area contributed by atoms with Crippen LogP contribution >= 0.6 is 0 Å². The number of allylic oxidation sites excluding steroid dienone is 3. The lowest BCUT2D eigenvalue weighted by atomic mass is 9.77. The quantitative estimate of drug-likeness (QED) is 0.868. The number of nitrogens with one attached hydrogen (secondary N) is 1. The molecule has 1 atom stereocenters. The van der Waals surface area contributed by atoms with E-state index in [-0.39, 0.29) is 11.9 Å². The molecule has 0 saturated carbocycles. The number of carbonyl (C=O) groups is 2. The number of dihydropyridines is 1. The van der Waals surface area contributed by atoms with E-state index in [0.717, 1.165) is 24.2 Å². The van der Waals surface area contributed by atoms with Gasteiger partial charge in [-0.05, 0) is 45.7 Å². The second kappa shape index (κ2) is 6.07. The van der Waals surface area contributed by atoms with Crippen molar-refractivity contribution in [2.75, 3.05) is 0 Å². The van der Waals surface area contributed by atoms with Crippen LogP contribution in [0.3, 0.4) is 0 Å². The number of ketones is 1. The standard InChI is InChI=1S/C18H21NO4/c1-10(2)23-18(21)15-11(3)19-12-6-4-7-13(20)16(12)17(15)14-8-5-9-22-14/h5,8-10,17,19H,4,6-7H2,1-3H3/t17-/m1/s1. The molecule has 0 spiro atoms. The van der Waals surface area contributed by atoms with Gasteiger partial charge in [-0.2, -0.15) is 0 Å². The molecule has 2 heterocycles. The van der Waals surface area contributed by atoms with E-state index in [1.807, 2.05) is 20.8 Å². The first-order valence-electron chi connectivity index (χ1n) is 7.97. The van der Waals surface area contributed by atoms with Gasteiger partial charge in [0.1, 0.15) is 5.76 Å². The molecule has 1 aromatic rings. The topological polar surface area (TPSA) is 68.5 Å². The Hall–Kier alpha value is -2.30. The third-order valence-electron chi connectivity index (χ3n) is 4.17. The van der Waals surface area contributed by atoms with Crippen LogP contribution in [0.2, 0.25) is 0 Å². The molecule has 5 nitrogen and oxygen atoms in total. The third-order valence-corrected chi connectivity index (χ3v) is 4.17. The van der Waals surface area contributed by atoms with Crippen molar-refractivity contribution in [1.29, 1.82) is 0 Å². The third kappa shape index (κ3) is 2.83.